The molecule has 2 N–H and O–H groups in total. The van der Waals surface area contributed by atoms with E-state index in [0.29, 0.717) is 6.42 Å². The van der Waals surface area contributed by atoms with Crippen molar-refractivity contribution in [2.24, 2.45) is 0 Å². The molecule has 5 heteroatoms. The lowest BCUT2D eigenvalue weighted by Gasteiger charge is -2.00. The Balaban J connectivity index is 1.92. The molecule has 17 heavy (non-hydrogen) atoms. The zero-order valence-electron chi connectivity index (χ0n) is 9.14. The summed E-state index contributed by atoms with van der Waals surface area (Å²) in [4.78, 5) is 7.34. The predicted molar refractivity (Wildman–Crippen MR) is 60.9 cm³/mol. The average Bonchev–Trinajstić information content (AvgIpc) is 2.96. The first-order chi connectivity index (χ1) is 8.36. The molecular weight excluding hydrogens is 220 g/mol. The molecule has 3 rings (SSSR count). The number of H-pyrrole nitrogens is 1. The minimum absolute atomic E-state index is 0.0914. The number of aromatic amines is 1. The van der Waals surface area contributed by atoms with Crippen LogP contribution in [-0.4, -0.2) is 28.5 Å². The third-order valence-corrected chi connectivity index (χ3v) is 2.66. The van der Waals surface area contributed by atoms with E-state index in [1.165, 1.54) is 0 Å². The van der Waals surface area contributed by atoms with Gasteiger partial charge < -0.3 is 19.6 Å². The largest absolute Gasteiger partial charge is 0.454 e. The second-order valence-electron chi connectivity index (χ2n) is 3.79. The predicted octanol–water partition coefficient (Wildman–Crippen LogP) is 1.34. The minimum Gasteiger partial charge on any atom is -0.454 e. The number of rotatable bonds is 3. The average molecular weight is 232 g/mol. The van der Waals surface area contributed by atoms with Gasteiger partial charge in [-0.1, -0.05) is 0 Å². The Hall–Kier alpha value is -2.01. The number of aliphatic hydroxyl groups is 1. The van der Waals surface area contributed by atoms with Crippen molar-refractivity contribution in [2.75, 3.05) is 13.4 Å². The molecular formula is C12H12N2O3. The highest BCUT2D eigenvalue weighted by atomic mass is 16.7. The van der Waals surface area contributed by atoms with Gasteiger partial charge in [-0.3, -0.25) is 0 Å². The van der Waals surface area contributed by atoms with Crippen molar-refractivity contribution in [3.63, 3.8) is 0 Å². The molecule has 0 spiro atoms. The molecule has 1 aromatic carbocycles. The van der Waals surface area contributed by atoms with Gasteiger partial charge >= 0.3 is 0 Å². The Labute approximate surface area is 98.0 Å². The number of ether oxygens (including phenoxy) is 2. The summed E-state index contributed by atoms with van der Waals surface area (Å²) < 4.78 is 10.6. The van der Waals surface area contributed by atoms with E-state index >= 15 is 0 Å². The fraction of sp³-hybridized carbons (Fsp3) is 0.250. The third-order valence-electron chi connectivity index (χ3n) is 2.66. The highest BCUT2D eigenvalue weighted by Crippen LogP contribution is 2.35. The summed E-state index contributed by atoms with van der Waals surface area (Å²) in [7, 11) is 0. The van der Waals surface area contributed by atoms with Crippen molar-refractivity contribution >= 4 is 0 Å². The standard InChI is InChI=1S/C12H12N2O3/c15-4-3-12-13-6-9(14-12)8-1-2-10-11(5-8)17-7-16-10/h1-2,5-6,15H,3-4,7H2,(H,13,14). The van der Waals surface area contributed by atoms with Gasteiger partial charge in [0.05, 0.1) is 18.5 Å². The van der Waals surface area contributed by atoms with Crippen molar-refractivity contribution in [1.29, 1.82) is 0 Å². The van der Waals surface area contributed by atoms with Crippen LogP contribution in [0.5, 0.6) is 11.5 Å². The number of benzene rings is 1. The number of imidazole rings is 1. The van der Waals surface area contributed by atoms with E-state index in [9.17, 15) is 0 Å². The van der Waals surface area contributed by atoms with Gasteiger partial charge in [-0.15, -0.1) is 0 Å². The number of hydrogen-bond acceptors (Lipinski definition) is 4. The maximum atomic E-state index is 8.83. The Morgan fingerprint density at radius 2 is 2.18 bits per heavy atom. The molecule has 2 aromatic rings. The van der Waals surface area contributed by atoms with Gasteiger partial charge in [0.1, 0.15) is 5.82 Å². The van der Waals surface area contributed by atoms with Crippen LogP contribution >= 0.6 is 0 Å². The molecule has 0 saturated heterocycles. The van der Waals surface area contributed by atoms with Crippen LogP contribution in [0.15, 0.2) is 24.4 Å². The first-order valence-corrected chi connectivity index (χ1v) is 5.41. The van der Waals surface area contributed by atoms with Crippen LogP contribution in [0.2, 0.25) is 0 Å². The van der Waals surface area contributed by atoms with E-state index in [4.69, 9.17) is 14.6 Å². The fourth-order valence-electron chi connectivity index (χ4n) is 1.81. The van der Waals surface area contributed by atoms with Crippen LogP contribution in [0.25, 0.3) is 11.3 Å². The third kappa shape index (κ3) is 1.85. The zero-order chi connectivity index (χ0) is 11.7. The molecule has 0 bridgehead atoms. The van der Waals surface area contributed by atoms with Gasteiger partial charge in [0, 0.05) is 12.0 Å². The number of fused-ring (bicyclic) bond motifs is 1. The smallest absolute Gasteiger partial charge is 0.231 e. The van der Waals surface area contributed by atoms with Crippen molar-refractivity contribution < 1.29 is 14.6 Å². The number of aliphatic hydroxyl groups excluding tert-OH is 1. The van der Waals surface area contributed by atoms with Crippen LogP contribution in [0.3, 0.4) is 0 Å². The molecule has 0 amide bonds. The van der Waals surface area contributed by atoms with E-state index in [2.05, 4.69) is 9.97 Å². The summed E-state index contributed by atoms with van der Waals surface area (Å²) in [5, 5.41) is 8.83. The molecule has 88 valence electrons. The monoisotopic (exact) mass is 232 g/mol. The van der Waals surface area contributed by atoms with Crippen molar-refractivity contribution in [2.45, 2.75) is 6.42 Å². The number of nitrogens with one attached hydrogen (secondary N) is 1. The summed E-state index contributed by atoms with van der Waals surface area (Å²) in [5.74, 6) is 2.30. The summed E-state index contributed by atoms with van der Waals surface area (Å²) in [6, 6.07) is 5.74. The summed E-state index contributed by atoms with van der Waals surface area (Å²) in [5.41, 5.74) is 1.90. The quantitative estimate of drug-likeness (QED) is 0.838. The number of aromatic nitrogens is 2. The van der Waals surface area contributed by atoms with E-state index in [-0.39, 0.29) is 13.4 Å². The fourth-order valence-corrected chi connectivity index (χ4v) is 1.81. The highest BCUT2D eigenvalue weighted by Gasteiger charge is 2.14. The number of nitrogens with zero attached hydrogens (tertiary/aromatic N) is 1. The Morgan fingerprint density at radius 3 is 3.06 bits per heavy atom. The highest BCUT2D eigenvalue weighted by molar-refractivity contribution is 5.64. The first-order valence-electron chi connectivity index (χ1n) is 5.41. The molecule has 5 nitrogen and oxygen atoms in total. The van der Waals surface area contributed by atoms with Crippen molar-refractivity contribution in [3.05, 3.63) is 30.2 Å². The van der Waals surface area contributed by atoms with E-state index in [1.54, 1.807) is 6.20 Å². The van der Waals surface area contributed by atoms with Crippen molar-refractivity contribution in [1.82, 2.24) is 9.97 Å². The molecule has 0 aliphatic carbocycles. The Morgan fingerprint density at radius 1 is 1.29 bits per heavy atom. The first kappa shape index (κ1) is 10.2. The topological polar surface area (TPSA) is 67.4 Å². The lowest BCUT2D eigenvalue weighted by Crippen LogP contribution is -1.93. The van der Waals surface area contributed by atoms with Gasteiger partial charge in [-0.05, 0) is 18.2 Å². The van der Waals surface area contributed by atoms with Gasteiger partial charge in [0.15, 0.2) is 11.5 Å². The van der Waals surface area contributed by atoms with Gasteiger partial charge in [0.2, 0.25) is 6.79 Å². The van der Waals surface area contributed by atoms with Gasteiger partial charge in [0.25, 0.3) is 0 Å². The molecule has 0 atom stereocenters. The summed E-state index contributed by atoms with van der Waals surface area (Å²) >= 11 is 0. The lowest BCUT2D eigenvalue weighted by atomic mass is 10.1. The SMILES string of the molecule is OCCc1ncc(-c2ccc3c(c2)OCO3)[nH]1. The minimum atomic E-state index is 0.0914. The molecule has 0 saturated carbocycles. The van der Waals surface area contributed by atoms with E-state index in [0.717, 1.165) is 28.6 Å². The van der Waals surface area contributed by atoms with Crippen LogP contribution in [0, 0.1) is 0 Å². The molecule has 0 fully saturated rings. The van der Waals surface area contributed by atoms with Gasteiger partial charge in [-0.25, -0.2) is 4.98 Å². The molecule has 2 heterocycles. The van der Waals surface area contributed by atoms with E-state index < -0.39 is 0 Å². The summed E-state index contributed by atoms with van der Waals surface area (Å²) in [6.07, 6.45) is 2.28. The Bertz CT molecular complexity index is 536. The molecule has 1 aliphatic rings. The van der Waals surface area contributed by atoms with Crippen LogP contribution in [0.1, 0.15) is 5.82 Å². The van der Waals surface area contributed by atoms with Crippen LogP contribution in [0.4, 0.5) is 0 Å². The summed E-state index contributed by atoms with van der Waals surface area (Å²) in [6.45, 7) is 0.367. The molecule has 1 aromatic heterocycles. The second kappa shape index (κ2) is 4.10. The number of hydrogen-bond donors (Lipinski definition) is 2. The van der Waals surface area contributed by atoms with E-state index in [1.807, 2.05) is 18.2 Å². The maximum Gasteiger partial charge on any atom is 0.231 e. The van der Waals surface area contributed by atoms with Crippen LogP contribution in [-0.2, 0) is 6.42 Å². The second-order valence-corrected chi connectivity index (χ2v) is 3.79. The maximum absolute atomic E-state index is 8.83. The van der Waals surface area contributed by atoms with Crippen LogP contribution < -0.4 is 9.47 Å². The zero-order valence-corrected chi connectivity index (χ0v) is 9.14. The lowest BCUT2D eigenvalue weighted by molar-refractivity contribution is 0.174. The van der Waals surface area contributed by atoms with Gasteiger partial charge in [-0.2, -0.15) is 0 Å². The normalized spacial score (nSPS) is 13.0. The molecule has 0 radical (unpaired) electrons. The van der Waals surface area contributed by atoms with Crippen molar-refractivity contribution in [3.8, 4) is 22.8 Å². The molecule has 0 unspecified atom stereocenters. The Kier molecular flexibility index (Phi) is 2.45. The molecule has 1 aliphatic heterocycles.